The van der Waals surface area contributed by atoms with E-state index in [1.807, 2.05) is 68.4 Å². The molecule has 3 aromatic rings. The summed E-state index contributed by atoms with van der Waals surface area (Å²) in [5.41, 5.74) is 5.47. The van der Waals surface area contributed by atoms with Gasteiger partial charge in [0.2, 0.25) is 0 Å². The standard InChI is InChI=1S/C23H24N2O/c1-17-10-9-11-18(2)22(17)25-21(26)16-24-23(19-12-5-3-6-13-19)20-14-7-4-8-15-20/h3-15,23-24H,16H2,1-2H3,(H,25,26)/p+1. The van der Waals surface area contributed by atoms with E-state index < -0.39 is 0 Å². The molecular weight excluding hydrogens is 320 g/mol. The normalized spacial score (nSPS) is 10.7. The lowest BCUT2D eigenvalue weighted by molar-refractivity contribution is -0.676. The number of nitrogens with one attached hydrogen (secondary N) is 1. The van der Waals surface area contributed by atoms with Crippen molar-refractivity contribution in [2.45, 2.75) is 19.9 Å². The van der Waals surface area contributed by atoms with Crippen LogP contribution in [-0.2, 0) is 4.79 Å². The van der Waals surface area contributed by atoms with Gasteiger partial charge in [-0.1, -0.05) is 78.9 Å². The van der Waals surface area contributed by atoms with Crippen molar-refractivity contribution < 1.29 is 10.1 Å². The van der Waals surface area contributed by atoms with Gasteiger partial charge in [0, 0.05) is 16.8 Å². The van der Waals surface area contributed by atoms with Crippen LogP contribution in [0.3, 0.4) is 0 Å². The number of rotatable bonds is 6. The Hall–Kier alpha value is -2.91. The molecule has 3 N–H and O–H groups in total. The summed E-state index contributed by atoms with van der Waals surface area (Å²) in [6.45, 7) is 4.40. The molecule has 3 aromatic carbocycles. The molecule has 0 unspecified atom stereocenters. The Labute approximate surface area is 155 Å². The number of carbonyl (C=O) groups excluding carboxylic acids is 1. The lowest BCUT2D eigenvalue weighted by Gasteiger charge is -2.17. The van der Waals surface area contributed by atoms with Crippen LogP contribution in [-0.4, -0.2) is 12.5 Å². The number of benzene rings is 3. The Morgan fingerprint density at radius 2 is 1.31 bits per heavy atom. The third kappa shape index (κ3) is 4.38. The molecule has 3 nitrogen and oxygen atoms in total. The lowest BCUT2D eigenvalue weighted by Crippen LogP contribution is -2.87. The van der Waals surface area contributed by atoms with Gasteiger partial charge in [-0.3, -0.25) is 4.79 Å². The zero-order valence-corrected chi connectivity index (χ0v) is 15.3. The monoisotopic (exact) mass is 345 g/mol. The summed E-state index contributed by atoms with van der Waals surface area (Å²) in [4.78, 5) is 12.5. The van der Waals surface area contributed by atoms with Crippen LogP contribution < -0.4 is 10.6 Å². The molecule has 0 aliphatic rings. The Bertz CT molecular complexity index is 800. The van der Waals surface area contributed by atoms with Gasteiger partial charge in [-0.25, -0.2) is 0 Å². The van der Waals surface area contributed by atoms with E-state index >= 15 is 0 Å². The molecular formula is C23H25N2O+. The van der Waals surface area contributed by atoms with Gasteiger partial charge in [-0.2, -0.15) is 0 Å². The SMILES string of the molecule is Cc1cccc(C)c1NC(=O)C[NH2+]C(c1ccccc1)c1ccccc1. The molecule has 26 heavy (non-hydrogen) atoms. The molecule has 0 aromatic heterocycles. The number of para-hydroxylation sites is 1. The fourth-order valence-electron chi connectivity index (χ4n) is 3.21. The Balaban J connectivity index is 1.73. The Morgan fingerprint density at radius 3 is 1.81 bits per heavy atom. The molecule has 0 fully saturated rings. The highest BCUT2D eigenvalue weighted by molar-refractivity contribution is 5.92. The van der Waals surface area contributed by atoms with Gasteiger partial charge in [-0.05, 0) is 25.0 Å². The predicted molar refractivity (Wildman–Crippen MR) is 106 cm³/mol. The van der Waals surface area contributed by atoms with Crippen molar-refractivity contribution in [3.05, 3.63) is 101 Å². The second-order valence-electron chi connectivity index (χ2n) is 6.55. The number of nitrogens with two attached hydrogens (primary N) is 1. The fraction of sp³-hybridized carbons (Fsp3) is 0.174. The molecule has 0 saturated heterocycles. The summed E-state index contributed by atoms with van der Waals surface area (Å²) in [6.07, 6.45) is 0. The van der Waals surface area contributed by atoms with E-state index in [4.69, 9.17) is 0 Å². The maximum atomic E-state index is 12.5. The third-order valence-corrected chi connectivity index (χ3v) is 4.60. The highest BCUT2D eigenvalue weighted by Crippen LogP contribution is 2.19. The van der Waals surface area contributed by atoms with Crippen molar-refractivity contribution >= 4 is 11.6 Å². The van der Waals surface area contributed by atoms with Gasteiger partial charge < -0.3 is 10.6 Å². The van der Waals surface area contributed by atoms with Gasteiger partial charge in [-0.15, -0.1) is 0 Å². The highest BCUT2D eigenvalue weighted by atomic mass is 16.1. The van der Waals surface area contributed by atoms with Crippen LogP contribution in [0.2, 0.25) is 0 Å². The van der Waals surface area contributed by atoms with Gasteiger partial charge >= 0.3 is 0 Å². The number of hydrogen-bond acceptors (Lipinski definition) is 1. The second-order valence-corrected chi connectivity index (χ2v) is 6.55. The number of carbonyl (C=O) groups is 1. The number of quaternary nitrogens is 1. The van der Waals surface area contributed by atoms with Crippen molar-refractivity contribution in [3.8, 4) is 0 Å². The molecule has 0 aliphatic carbocycles. The highest BCUT2D eigenvalue weighted by Gasteiger charge is 2.19. The van der Waals surface area contributed by atoms with Gasteiger partial charge in [0.25, 0.3) is 5.91 Å². The van der Waals surface area contributed by atoms with Gasteiger partial charge in [0.05, 0.1) is 0 Å². The van der Waals surface area contributed by atoms with Crippen LogP contribution in [0.25, 0.3) is 0 Å². The van der Waals surface area contributed by atoms with E-state index in [-0.39, 0.29) is 11.9 Å². The first-order valence-corrected chi connectivity index (χ1v) is 8.94. The summed E-state index contributed by atoms with van der Waals surface area (Å²) >= 11 is 0. The molecule has 0 heterocycles. The molecule has 0 radical (unpaired) electrons. The average molecular weight is 345 g/mol. The topological polar surface area (TPSA) is 45.7 Å². The molecule has 0 bridgehead atoms. The minimum Gasteiger partial charge on any atom is -0.328 e. The van der Waals surface area contributed by atoms with Crippen molar-refractivity contribution in [3.63, 3.8) is 0 Å². The minimum absolute atomic E-state index is 0.0132. The first-order chi connectivity index (χ1) is 12.6. The van der Waals surface area contributed by atoms with E-state index in [1.165, 1.54) is 11.1 Å². The van der Waals surface area contributed by atoms with E-state index in [0.717, 1.165) is 16.8 Å². The minimum atomic E-state index is 0.0132. The van der Waals surface area contributed by atoms with Crippen LogP contribution in [0.4, 0.5) is 5.69 Å². The number of aryl methyl sites for hydroxylation is 2. The largest absolute Gasteiger partial charge is 0.328 e. The smallest absolute Gasteiger partial charge is 0.279 e. The molecule has 0 saturated carbocycles. The maximum absolute atomic E-state index is 12.5. The molecule has 3 rings (SSSR count). The summed E-state index contributed by atoms with van der Waals surface area (Å²) in [6, 6.07) is 26.8. The van der Waals surface area contributed by atoms with E-state index in [0.29, 0.717) is 6.54 Å². The summed E-state index contributed by atoms with van der Waals surface area (Å²) in [5.74, 6) is 0.0132. The second kappa shape index (κ2) is 8.45. The quantitative estimate of drug-likeness (QED) is 0.704. The van der Waals surface area contributed by atoms with Crippen molar-refractivity contribution in [2.75, 3.05) is 11.9 Å². The lowest BCUT2D eigenvalue weighted by atomic mass is 9.99. The molecule has 1 amide bonds. The van der Waals surface area contributed by atoms with E-state index in [1.54, 1.807) is 0 Å². The fourth-order valence-corrected chi connectivity index (χ4v) is 3.21. The zero-order valence-electron chi connectivity index (χ0n) is 15.3. The van der Waals surface area contributed by atoms with Gasteiger partial charge in [0.1, 0.15) is 6.04 Å². The maximum Gasteiger partial charge on any atom is 0.279 e. The van der Waals surface area contributed by atoms with Crippen LogP contribution >= 0.6 is 0 Å². The van der Waals surface area contributed by atoms with Crippen LogP contribution in [0.15, 0.2) is 78.9 Å². The van der Waals surface area contributed by atoms with Crippen LogP contribution in [0.5, 0.6) is 0 Å². The number of amides is 1. The number of hydrogen-bond donors (Lipinski definition) is 2. The van der Waals surface area contributed by atoms with Crippen LogP contribution in [0, 0.1) is 13.8 Å². The Kier molecular flexibility index (Phi) is 5.82. The summed E-state index contributed by atoms with van der Waals surface area (Å²) < 4.78 is 0. The third-order valence-electron chi connectivity index (χ3n) is 4.60. The average Bonchev–Trinajstić information content (AvgIpc) is 2.67. The molecule has 0 aliphatic heterocycles. The molecule has 3 heteroatoms. The molecule has 0 atom stereocenters. The first-order valence-electron chi connectivity index (χ1n) is 8.94. The molecule has 132 valence electrons. The van der Waals surface area contributed by atoms with E-state index in [9.17, 15) is 4.79 Å². The zero-order chi connectivity index (χ0) is 18.4. The van der Waals surface area contributed by atoms with E-state index in [2.05, 4.69) is 34.9 Å². The van der Waals surface area contributed by atoms with Crippen molar-refractivity contribution in [1.82, 2.24) is 0 Å². The summed E-state index contributed by atoms with van der Waals surface area (Å²) in [7, 11) is 0. The van der Waals surface area contributed by atoms with Crippen molar-refractivity contribution in [2.24, 2.45) is 0 Å². The molecule has 0 spiro atoms. The predicted octanol–water partition coefficient (Wildman–Crippen LogP) is 3.59. The van der Waals surface area contributed by atoms with Crippen LogP contribution in [0.1, 0.15) is 28.3 Å². The number of anilines is 1. The van der Waals surface area contributed by atoms with Crippen molar-refractivity contribution in [1.29, 1.82) is 0 Å². The first kappa shape index (κ1) is 17.9. The Morgan fingerprint density at radius 1 is 0.808 bits per heavy atom. The summed E-state index contributed by atoms with van der Waals surface area (Å²) in [5, 5.41) is 5.16. The van der Waals surface area contributed by atoms with Gasteiger partial charge in [0.15, 0.2) is 6.54 Å².